The summed E-state index contributed by atoms with van der Waals surface area (Å²) in [6.45, 7) is 1.91. The van der Waals surface area contributed by atoms with E-state index in [-0.39, 0.29) is 13.2 Å². The van der Waals surface area contributed by atoms with Crippen molar-refractivity contribution < 1.29 is 17.9 Å². The number of alkyl halides is 3. The van der Waals surface area contributed by atoms with Crippen LogP contribution in [0, 0.1) is 0 Å². The molecule has 2 nitrogen and oxygen atoms in total. The molecule has 0 spiro atoms. The zero-order valence-electron chi connectivity index (χ0n) is 10.7. The first-order valence-electron chi connectivity index (χ1n) is 6.08. The third kappa shape index (κ3) is 7.42. The molecule has 0 aliphatic rings. The van der Waals surface area contributed by atoms with Gasteiger partial charge in [0.2, 0.25) is 0 Å². The molecule has 0 bridgehead atoms. The monoisotopic (exact) mass is 339 g/mol. The van der Waals surface area contributed by atoms with E-state index in [9.17, 15) is 13.2 Å². The van der Waals surface area contributed by atoms with Gasteiger partial charge in [-0.1, -0.05) is 22.9 Å². The number of nitrogens with zero attached hydrogens (tertiary/aromatic N) is 1. The topological polar surface area (TPSA) is 12.5 Å². The van der Waals surface area contributed by atoms with Gasteiger partial charge >= 0.3 is 6.18 Å². The van der Waals surface area contributed by atoms with Crippen LogP contribution >= 0.6 is 15.9 Å². The predicted octanol–water partition coefficient (Wildman–Crippen LogP) is 4.10. The van der Waals surface area contributed by atoms with Gasteiger partial charge in [0.1, 0.15) is 12.4 Å². The van der Waals surface area contributed by atoms with Crippen molar-refractivity contribution in [2.24, 2.45) is 0 Å². The Balaban J connectivity index is 2.37. The van der Waals surface area contributed by atoms with E-state index in [1.807, 2.05) is 19.1 Å². The molecule has 0 amide bonds. The van der Waals surface area contributed by atoms with E-state index in [0.29, 0.717) is 18.7 Å². The largest absolute Gasteiger partial charge is 0.492 e. The molecule has 1 rings (SSSR count). The van der Waals surface area contributed by atoms with Crippen molar-refractivity contribution >= 4 is 15.9 Å². The van der Waals surface area contributed by atoms with Crippen LogP contribution in [0.15, 0.2) is 28.7 Å². The summed E-state index contributed by atoms with van der Waals surface area (Å²) in [4.78, 5) is 1.36. The van der Waals surface area contributed by atoms with Crippen LogP contribution in [0.2, 0.25) is 0 Å². The lowest BCUT2D eigenvalue weighted by Crippen LogP contribution is -2.37. The van der Waals surface area contributed by atoms with Gasteiger partial charge in [0.25, 0.3) is 0 Å². The zero-order chi connectivity index (χ0) is 14.3. The fourth-order valence-electron chi connectivity index (χ4n) is 1.66. The molecule has 108 valence electrons. The van der Waals surface area contributed by atoms with Gasteiger partial charge in [0, 0.05) is 11.0 Å². The van der Waals surface area contributed by atoms with Crippen LogP contribution in [0.5, 0.6) is 5.75 Å². The Morgan fingerprint density at radius 1 is 1.16 bits per heavy atom. The first-order chi connectivity index (χ1) is 8.90. The van der Waals surface area contributed by atoms with Crippen molar-refractivity contribution in [3.8, 4) is 5.75 Å². The zero-order valence-corrected chi connectivity index (χ0v) is 12.3. The molecule has 1 aromatic carbocycles. The van der Waals surface area contributed by atoms with Gasteiger partial charge in [0.05, 0.1) is 6.54 Å². The van der Waals surface area contributed by atoms with Gasteiger partial charge in [0.15, 0.2) is 0 Å². The maximum Gasteiger partial charge on any atom is 0.401 e. The molecule has 0 aliphatic carbocycles. The molecule has 0 aliphatic heterocycles. The second-order valence-electron chi connectivity index (χ2n) is 4.19. The fraction of sp³-hybridized carbons (Fsp3) is 0.538. The summed E-state index contributed by atoms with van der Waals surface area (Å²) in [6, 6.07) is 7.21. The van der Waals surface area contributed by atoms with Crippen LogP contribution in [0.1, 0.15) is 13.3 Å². The Kier molecular flexibility index (Phi) is 6.65. The van der Waals surface area contributed by atoms with Gasteiger partial charge in [-0.3, -0.25) is 4.90 Å². The Morgan fingerprint density at radius 3 is 2.32 bits per heavy atom. The Hall–Kier alpha value is -0.750. The molecule has 0 saturated carbocycles. The maximum absolute atomic E-state index is 12.3. The second-order valence-corrected chi connectivity index (χ2v) is 5.11. The minimum Gasteiger partial charge on any atom is -0.492 e. The van der Waals surface area contributed by atoms with Gasteiger partial charge in [-0.05, 0) is 37.2 Å². The van der Waals surface area contributed by atoms with E-state index in [1.54, 1.807) is 12.1 Å². The molecule has 0 aromatic heterocycles. The summed E-state index contributed by atoms with van der Waals surface area (Å²) in [6.07, 6.45) is -3.47. The number of ether oxygens (including phenoxy) is 1. The lowest BCUT2D eigenvalue weighted by molar-refractivity contribution is -0.146. The number of halogens is 4. The van der Waals surface area contributed by atoms with Gasteiger partial charge in [-0.2, -0.15) is 13.2 Å². The highest BCUT2D eigenvalue weighted by molar-refractivity contribution is 9.10. The third-order valence-corrected chi connectivity index (χ3v) is 2.96. The van der Waals surface area contributed by atoms with Crippen LogP contribution in [-0.4, -0.2) is 37.3 Å². The molecular weight excluding hydrogens is 323 g/mol. The molecule has 0 heterocycles. The Morgan fingerprint density at radius 2 is 1.79 bits per heavy atom. The van der Waals surface area contributed by atoms with Crippen molar-refractivity contribution in [1.29, 1.82) is 0 Å². The summed E-state index contributed by atoms with van der Waals surface area (Å²) in [7, 11) is 0. The van der Waals surface area contributed by atoms with Gasteiger partial charge in [-0.15, -0.1) is 0 Å². The van der Waals surface area contributed by atoms with Crippen molar-refractivity contribution in [2.45, 2.75) is 19.5 Å². The smallest absolute Gasteiger partial charge is 0.401 e. The molecule has 0 atom stereocenters. The number of benzene rings is 1. The van der Waals surface area contributed by atoms with E-state index in [2.05, 4.69) is 15.9 Å². The summed E-state index contributed by atoms with van der Waals surface area (Å²) in [5.74, 6) is 0.659. The summed E-state index contributed by atoms with van der Waals surface area (Å²) < 4.78 is 43.4. The van der Waals surface area contributed by atoms with Crippen LogP contribution in [0.3, 0.4) is 0 Å². The van der Waals surface area contributed by atoms with E-state index in [1.165, 1.54) is 4.90 Å². The predicted molar refractivity (Wildman–Crippen MR) is 72.4 cm³/mol. The maximum atomic E-state index is 12.3. The second kappa shape index (κ2) is 7.75. The van der Waals surface area contributed by atoms with Crippen molar-refractivity contribution in [1.82, 2.24) is 4.90 Å². The molecule has 0 fully saturated rings. The van der Waals surface area contributed by atoms with E-state index in [4.69, 9.17) is 4.74 Å². The Bertz CT molecular complexity index is 367. The highest BCUT2D eigenvalue weighted by atomic mass is 79.9. The van der Waals surface area contributed by atoms with E-state index in [0.717, 1.165) is 4.47 Å². The number of hydrogen-bond donors (Lipinski definition) is 0. The normalized spacial score (nSPS) is 11.9. The highest BCUT2D eigenvalue weighted by Crippen LogP contribution is 2.18. The summed E-state index contributed by atoms with van der Waals surface area (Å²) in [5, 5.41) is 0. The molecular formula is C13H17BrF3NO. The third-order valence-electron chi connectivity index (χ3n) is 2.43. The van der Waals surface area contributed by atoms with Crippen molar-refractivity contribution in [3.63, 3.8) is 0 Å². The first kappa shape index (κ1) is 16.3. The van der Waals surface area contributed by atoms with E-state index >= 15 is 0 Å². The average Bonchev–Trinajstić information content (AvgIpc) is 2.30. The minimum atomic E-state index is -4.16. The molecule has 0 N–H and O–H groups in total. The molecule has 0 saturated heterocycles. The molecule has 6 heteroatoms. The number of rotatable bonds is 7. The van der Waals surface area contributed by atoms with Crippen LogP contribution < -0.4 is 4.74 Å². The molecule has 19 heavy (non-hydrogen) atoms. The molecule has 0 unspecified atom stereocenters. The van der Waals surface area contributed by atoms with Crippen LogP contribution in [0.25, 0.3) is 0 Å². The Labute approximate surface area is 119 Å². The van der Waals surface area contributed by atoms with Gasteiger partial charge < -0.3 is 4.74 Å². The standard InChI is InChI=1S/C13H17BrF3NO/c1-2-7-18(10-13(15,16)17)8-9-19-12-5-3-11(14)4-6-12/h3-6H,2,7-10H2,1H3. The highest BCUT2D eigenvalue weighted by Gasteiger charge is 2.30. The average molecular weight is 340 g/mol. The summed E-state index contributed by atoms with van der Waals surface area (Å²) in [5.41, 5.74) is 0. The lowest BCUT2D eigenvalue weighted by Gasteiger charge is -2.22. The summed E-state index contributed by atoms with van der Waals surface area (Å²) >= 11 is 3.30. The van der Waals surface area contributed by atoms with Crippen LogP contribution in [-0.2, 0) is 0 Å². The van der Waals surface area contributed by atoms with Gasteiger partial charge in [-0.25, -0.2) is 0 Å². The molecule has 1 aromatic rings. The molecule has 0 radical (unpaired) electrons. The van der Waals surface area contributed by atoms with E-state index < -0.39 is 12.7 Å². The quantitative estimate of drug-likeness (QED) is 0.741. The van der Waals surface area contributed by atoms with Crippen molar-refractivity contribution in [3.05, 3.63) is 28.7 Å². The minimum absolute atomic E-state index is 0.248. The fourth-order valence-corrected chi connectivity index (χ4v) is 1.93. The first-order valence-corrected chi connectivity index (χ1v) is 6.87. The SMILES string of the molecule is CCCN(CCOc1ccc(Br)cc1)CC(F)(F)F. The lowest BCUT2D eigenvalue weighted by atomic mass is 10.3. The van der Waals surface area contributed by atoms with Crippen LogP contribution in [0.4, 0.5) is 13.2 Å². The number of hydrogen-bond acceptors (Lipinski definition) is 2. The van der Waals surface area contributed by atoms with Crippen molar-refractivity contribution in [2.75, 3.05) is 26.2 Å².